The molecule has 0 spiro atoms. The number of pyridine rings is 1. The maximum atomic E-state index is 13.3. The molecular formula is C19H21F3N6O2S. The molecule has 0 bridgehead atoms. The topological polar surface area (TPSA) is 85.4 Å². The molecule has 0 unspecified atom stereocenters. The lowest BCUT2D eigenvalue weighted by atomic mass is 10.0. The minimum absolute atomic E-state index is 0.0360. The van der Waals surface area contributed by atoms with Gasteiger partial charge in [-0.1, -0.05) is 6.07 Å². The van der Waals surface area contributed by atoms with Crippen LogP contribution in [0.25, 0.3) is 22.0 Å². The van der Waals surface area contributed by atoms with Crippen LogP contribution in [0.2, 0.25) is 0 Å². The molecular weight excluding hydrogens is 433 g/mol. The summed E-state index contributed by atoms with van der Waals surface area (Å²) in [5, 5.41) is 6.29. The van der Waals surface area contributed by atoms with E-state index in [2.05, 4.69) is 10.1 Å². The van der Waals surface area contributed by atoms with Gasteiger partial charge in [-0.25, -0.2) is 0 Å². The molecule has 1 aliphatic heterocycles. The standard InChI is InChI=1S/C19H21F3N6O2S/c1-26(2)31(29,30)28-9-7-27(8-10-28)17-5-6-23-16-4-3-13(11-14(16)17)15-12-24-25-18(15)19(20,21)22/h3-6,11-12H,7-10H2,1-2H3,(H,24,25). The number of aromatic nitrogens is 3. The summed E-state index contributed by atoms with van der Waals surface area (Å²) in [6.07, 6.45) is -1.75. The molecule has 1 aromatic carbocycles. The van der Waals surface area contributed by atoms with Gasteiger partial charge in [0, 0.05) is 63.1 Å². The van der Waals surface area contributed by atoms with Crippen molar-refractivity contribution < 1.29 is 21.6 Å². The van der Waals surface area contributed by atoms with E-state index in [-0.39, 0.29) is 5.56 Å². The summed E-state index contributed by atoms with van der Waals surface area (Å²) in [5.74, 6) is 0. The first-order valence-corrected chi connectivity index (χ1v) is 10.9. The zero-order chi connectivity index (χ0) is 22.4. The van der Waals surface area contributed by atoms with Crippen molar-refractivity contribution in [2.24, 2.45) is 0 Å². The molecule has 0 radical (unpaired) electrons. The molecule has 0 saturated carbocycles. The molecule has 1 saturated heterocycles. The highest BCUT2D eigenvalue weighted by atomic mass is 32.2. The van der Waals surface area contributed by atoms with Crippen LogP contribution in [0, 0.1) is 0 Å². The zero-order valence-electron chi connectivity index (χ0n) is 16.9. The van der Waals surface area contributed by atoms with Gasteiger partial charge in [0.25, 0.3) is 10.2 Å². The van der Waals surface area contributed by atoms with Crippen LogP contribution in [-0.4, -0.2) is 72.5 Å². The highest BCUT2D eigenvalue weighted by molar-refractivity contribution is 7.86. The van der Waals surface area contributed by atoms with Crippen molar-refractivity contribution in [3.63, 3.8) is 0 Å². The number of piperazine rings is 1. The van der Waals surface area contributed by atoms with Gasteiger partial charge < -0.3 is 4.90 Å². The molecule has 0 aliphatic carbocycles. The van der Waals surface area contributed by atoms with E-state index in [1.165, 1.54) is 22.7 Å². The molecule has 12 heteroatoms. The Labute approximate surface area is 177 Å². The van der Waals surface area contributed by atoms with Crippen LogP contribution in [0.5, 0.6) is 0 Å². The first kappa shape index (κ1) is 21.5. The van der Waals surface area contributed by atoms with E-state index in [4.69, 9.17) is 0 Å². The summed E-state index contributed by atoms with van der Waals surface area (Å²) in [5.41, 5.74) is 0.870. The fourth-order valence-corrected chi connectivity index (χ4v) is 4.77. The number of alkyl halides is 3. The van der Waals surface area contributed by atoms with Crippen molar-refractivity contribution in [2.75, 3.05) is 45.2 Å². The van der Waals surface area contributed by atoms with Crippen LogP contribution in [0.15, 0.2) is 36.7 Å². The Morgan fingerprint density at radius 3 is 2.45 bits per heavy atom. The Bertz CT molecular complexity index is 1200. The number of nitrogens with one attached hydrogen (secondary N) is 1. The SMILES string of the molecule is CN(C)S(=O)(=O)N1CCN(c2ccnc3ccc(-c4cn[nH]c4C(F)(F)F)cc23)CC1. The fraction of sp³-hybridized carbons (Fsp3) is 0.368. The van der Waals surface area contributed by atoms with Crippen LogP contribution in [0.1, 0.15) is 5.69 Å². The summed E-state index contributed by atoms with van der Waals surface area (Å²) in [6.45, 7) is 1.53. The molecule has 2 aromatic heterocycles. The maximum Gasteiger partial charge on any atom is 0.433 e. The highest BCUT2D eigenvalue weighted by Gasteiger charge is 2.36. The summed E-state index contributed by atoms with van der Waals surface area (Å²) < 4.78 is 67.2. The monoisotopic (exact) mass is 454 g/mol. The number of H-pyrrole nitrogens is 1. The predicted molar refractivity (Wildman–Crippen MR) is 111 cm³/mol. The lowest BCUT2D eigenvalue weighted by molar-refractivity contribution is -0.140. The van der Waals surface area contributed by atoms with E-state index >= 15 is 0 Å². The summed E-state index contributed by atoms with van der Waals surface area (Å²) in [6, 6.07) is 6.72. The average Bonchev–Trinajstić information content (AvgIpc) is 3.23. The third-order valence-electron chi connectivity index (χ3n) is 5.32. The van der Waals surface area contributed by atoms with E-state index in [1.54, 1.807) is 30.5 Å². The smallest absolute Gasteiger partial charge is 0.368 e. The van der Waals surface area contributed by atoms with E-state index in [9.17, 15) is 21.6 Å². The molecule has 8 nitrogen and oxygen atoms in total. The first-order valence-electron chi connectivity index (χ1n) is 9.51. The quantitative estimate of drug-likeness (QED) is 0.655. The number of rotatable bonds is 4. The minimum atomic E-state index is -4.55. The Morgan fingerprint density at radius 1 is 1.10 bits per heavy atom. The first-order chi connectivity index (χ1) is 14.6. The largest absolute Gasteiger partial charge is 0.433 e. The van der Waals surface area contributed by atoms with Crippen LogP contribution in [-0.2, 0) is 16.4 Å². The van der Waals surface area contributed by atoms with E-state index in [0.717, 1.165) is 11.9 Å². The summed E-state index contributed by atoms with van der Waals surface area (Å²) in [7, 11) is -0.511. The minimum Gasteiger partial charge on any atom is -0.368 e. The lowest BCUT2D eigenvalue weighted by Crippen LogP contribution is -2.51. The molecule has 1 N–H and O–H groups in total. The third kappa shape index (κ3) is 3.98. The Kier molecular flexibility index (Phi) is 5.40. The molecule has 0 amide bonds. The Balaban J connectivity index is 1.68. The molecule has 1 aliphatic rings. The number of hydrogen-bond acceptors (Lipinski definition) is 5. The number of hydrogen-bond donors (Lipinski definition) is 1. The van der Waals surface area contributed by atoms with E-state index < -0.39 is 22.1 Å². The molecule has 1 fully saturated rings. The number of nitrogens with zero attached hydrogens (tertiary/aromatic N) is 5. The van der Waals surface area contributed by atoms with Crippen LogP contribution in [0.3, 0.4) is 0 Å². The van der Waals surface area contributed by atoms with Gasteiger partial charge in [0.1, 0.15) is 5.69 Å². The van der Waals surface area contributed by atoms with Crippen LogP contribution in [0.4, 0.5) is 18.9 Å². The van der Waals surface area contributed by atoms with Crippen molar-refractivity contribution in [1.82, 2.24) is 23.8 Å². The van der Waals surface area contributed by atoms with Gasteiger partial charge in [0.2, 0.25) is 0 Å². The zero-order valence-corrected chi connectivity index (χ0v) is 17.7. The van der Waals surface area contributed by atoms with Crippen molar-refractivity contribution in [3.05, 3.63) is 42.4 Å². The molecule has 166 valence electrons. The Morgan fingerprint density at radius 2 is 1.81 bits per heavy atom. The van der Waals surface area contributed by atoms with Gasteiger partial charge in [-0.2, -0.15) is 35.3 Å². The van der Waals surface area contributed by atoms with Gasteiger partial charge in [0.05, 0.1) is 11.7 Å². The lowest BCUT2D eigenvalue weighted by Gasteiger charge is -2.36. The van der Waals surface area contributed by atoms with E-state index in [0.29, 0.717) is 42.6 Å². The second-order valence-corrected chi connectivity index (χ2v) is 9.54. The fourth-order valence-electron chi connectivity index (χ4n) is 3.69. The van der Waals surface area contributed by atoms with Crippen molar-refractivity contribution >= 4 is 26.8 Å². The van der Waals surface area contributed by atoms with Crippen molar-refractivity contribution in [2.45, 2.75) is 6.18 Å². The number of aromatic amines is 1. The molecule has 0 atom stereocenters. The Hall–Kier alpha value is -2.70. The second kappa shape index (κ2) is 7.77. The van der Waals surface area contributed by atoms with Crippen molar-refractivity contribution in [3.8, 4) is 11.1 Å². The van der Waals surface area contributed by atoms with Crippen LogP contribution >= 0.6 is 0 Å². The van der Waals surface area contributed by atoms with Crippen molar-refractivity contribution in [1.29, 1.82) is 0 Å². The number of fused-ring (bicyclic) bond motifs is 1. The van der Waals surface area contributed by atoms with E-state index in [1.807, 2.05) is 10.00 Å². The highest BCUT2D eigenvalue weighted by Crippen LogP contribution is 2.37. The summed E-state index contributed by atoms with van der Waals surface area (Å²) in [4.78, 5) is 6.35. The molecule has 3 aromatic rings. The third-order valence-corrected chi connectivity index (χ3v) is 7.26. The van der Waals surface area contributed by atoms with Gasteiger partial charge in [-0.3, -0.25) is 10.1 Å². The molecule has 4 rings (SSSR count). The molecule has 31 heavy (non-hydrogen) atoms. The molecule has 3 heterocycles. The maximum absolute atomic E-state index is 13.3. The summed E-state index contributed by atoms with van der Waals surface area (Å²) >= 11 is 0. The average molecular weight is 454 g/mol. The van der Waals surface area contributed by atoms with Gasteiger partial charge in [0.15, 0.2) is 0 Å². The van der Waals surface area contributed by atoms with Crippen LogP contribution < -0.4 is 4.90 Å². The van der Waals surface area contributed by atoms with Gasteiger partial charge in [-0.05, 0) is 23.8 Å². The predicted octanol–water partition coefficient (Wildman–Crippen LogP) is 2.57. The normalized spacial score (nSPS) is 16.4. The van der Waals surface area contributed by atoms with Gasteiger partial charge in [-0.15, -0.1) is 0 Å². The number of anilines is 1. The second-order valence-electron chi connectivity index (χ2n) is 7.39. The number of benzene rings is 1. The number of halogens is 3. The van der Waals surface area contributed by atoms with Gasteiger partial charge >= 0.3 is 6.18 Å².